The van der Waals surface area contributed by atoms with Gasteiger partial charge in [-0.1, -0.05) is 51.1 Å². The van der Waals surface area contributed by atoms with Crippen molar-refractivity contribution in [1.82, 2.24) is 0 Å². The maximum absolute atomic E-state index is 10.8. The summed E-state index contributed by atoms with van der Waals surface area (Å²) in [5, 5.41) is 10.8. The molecule has 0 heterocycles. The van der Waals surface area contributed by atoms with Crippen LogP contribution < -0.4 is 0 Å². The molecule has 0 fully saturated rings. The van der Waals surface area contributed by atoms with Crippen molar-refractivity contribution in [3.63, 3.8) is 0 Å². The van der Waals surface area contributed by atoms with Crippen LogP contribution in [0.25, 0.3) is 0 Å². The quantitative estimate of drug-likeness (QED) is 0.740. The van der Waals surface area contributed by atoms with Gasteiger partial charge >= 0.3 is 0 Å². The van der Waals surface area contributed by atoms with Crippen molar-refractivity contribution < 1.29 is 5.11 Å². The molecule has 1 aromatic rings. The predicted molar refractivity (Wildman–Crippen MR) is 79.0 cm³/mol. The molecule has 1 aromatic carbocycles. The molecule has 18 heavy (non-hydrogen) atoms. The van der Waals surface area contributed by atoms with Crippen molar-refractivity contribution in [2.24, 2.45) is 5.41 Å². The summed E-state index contributed by atoms with van der Waals surface area (Å²) in [4.78, 5) is 0. The molecule has 1 atom stereocenters. The minimum absolute atomic E-state index is 0.318. The van der Waals surface area contributed by atoms with Crippen molar-refractivity contribution in [2.75, 3.05) is 5.88 Å². The van der Waals surface area contributed by atoms with Crippen LogP contribution in [-0.2, 0) is 5.60 Å². The molecule has 0 amide bonds. The number of hydrogen-bond acceptors (Lipinski definition) is 1. The smallest absolute Gasteiger partial charge is 0.0907 e. The molecular formula is C16H25ClO. The second-order valence-corrected chi connectivity index (χ2v) is 6.63. The van der Waals surface area contributed by atoms with Crippen LogP contribution in [0.2, 0.25) is 0 Å². The van der Waals surface area contributed by atoms with E-state index in [0.717, 1.165) is 24.8 Å². The van der Waals surface area contributed by atoms with E-state index in [2.05, 4.69) is 20.8 Å². The van der Waals surface area contributed by atoms with Gasteiger partial charge < -0.3 is 5.11 Å². The molecule has 1 rings (SSSR count). The third-order valence-electron chi connectivity index (χ3n) is 3.34. The molecule has 0 aliphatic carbocycles. The second kappa shape index (κ2) is 6.58. The molecule has 2 heteroatoms. The Kier molecular flexibility index (Phi) is 5.68. The largest absolute Gasteiger partial charge is 0.385 e. The van der Waals surface area contributed by atoms with Gasteiger partial charge in [0.2, 0.25) is 0 Å². The average Bonchev–Trinajstić information content (AvgIpc) is 2.29. The van der Waals surface area contributed by atoms with Crippen LogP contribution in [-0.4, -0.2) is 11.0 Å². The summed E-state index contributed by atoms with van der Waals surface area (Å²) in [6.45, 7) is 6.70. The average molecular weight is 269 g/mol. The first-order chi connectivity index (χ1) is 8.37. The van der Waals surface area contributed by atoms with Crippen LogP contribution in [0.15, 0.2) is 30.3 Å². The molecule has 0 radical (unpaired) electrons. The summed E-state index contributed by atoms with van der Waals surface area (Å²) in [5.41, 5.74) is 0.534. The number of rotatable bonds is 6. The lowest BCUT2D eigenvalue weighted by atomic mass is 9.82. The molecule has 0 spiro atoms. The van der Waals surface area contributed by atoms with Crippen molar-refractivity contribution in [3.05, 3.63) is 35.9 Å². The van der Waals surface area contributed by atoms with E-state index in [4.69, 9.17) is 11.6 Å². The van der Waals surface area contributed by atoms with Gasteiger partial charge in [-0.25, -0.2) is 0 Å². The van der Waals surface area contributed by atoms with Gasteiger partial charge in [0.05, 0.1) is 5.60 Å². The zero-order chi connectivity index (χ0) is 13.6. The zero-order valence-electron chi connectivity index (χ0n) is 11.7. The first-order valence-electron chi connectivity index (χ1n) is 6.71. The van der Waals surface area contributed by atoms with E-state index in [-0.39, 0.29) is 0 Å². The van der Waals surface area contributed by atoms with Crippen molar-refractivity contribution in [3.8, 4) is 0 Å². The summed E-state index contributed by atoms with van der Waals surface area (Å²) < 4.78 is 0. The number of benzene rings is 1. The number of hydrogen-bond donors (Lipinski definition) is 1. The van der Waals surface area contributed by atoms with Gasteiger partial charge in [-0.2, -0.15) is 0 Å². The van der Waals surface area contributed by atoms with Gasteiger partial charge in [0, 0.05) is 5.88 Å². The summed E-state index contributed by atoms with van der Waals surface area (Å²) >= 11 is 5.84. The summed E-state index contributed by atoms with van der Waals surface area (Å²) in [5.74, 6) is 0.487. The third kappa shape index (κ3) is 4.99. The van der Waals surface area contributed by atoms with Crippen molar-refractivity contribution >= 4 is 11.6 Å². The maximum Gasteiger partial charge on any atom is 0.0907 e. The molecular weight excluding hydrogens is 244 g/mol. The lowest BCUT2D eigenvalue weighted by Gasteiger charge is -2.29. The molecule has 0 aliphatic heterocycles. The van der Waals surface area contributed by atoms with Crippen LogP contribution >= 0.6 is 11.6 Å². The Morgan fingerprint density at radius 3 is 2.11 bits per heavy atom. The molecule has 0 bridgehead atoms. The Balaban J connectivity index is 2.69. The Morgan fingerprint density at radius 1 is 1.00 bits per heavy atom. The van der Waals surface area contributed by atoms with E-state index in [1.165, 1.54) is 0 Å². The Labute approximate surface area is 116 Å². The van der Waals surface area contributed by atoms with E-state index >= 15 is 0 Å². The number of alkyl halides is 1. The lowest BCUT2D eigenvalue weighted by Crippen LogP contribution is -2.26. The topological polar surface area (TPSA) is 20.2 Å². The first kappa shape index (κ1) is 15.5. The third-order valence-corrected chi connectivity index (χ3v) is 3.53. The Morgan fingerprint density at radius 2 is 1.61 bits per heavy atom. The standard InChI is InChI=1S/C16H25ClO/c1-15(2,3)10-7-11-16(18,12-13-17)14-8-5-4-6-9-14/h4-6,8-9,18H,7,10-13H2,1-3H3. The van der Waals surface area contributed by atoms with Crippen molar-refractivity contribution in [1.29, 1.82) is 0 Å². The molecule has 102 valence electrons. The van der Waals surface area contributed by atoms with Crippen LogP contribution in [0.4, 0.5) is 0 Å². The minimum Gasteiger partial charge on any atom is -0.385 e. The maximum atomic E-state index is 10.8. The molecule has 1 nitrogen and oxygen atoms in total. The molecule has 0 aromatic heterocycles. The fourth-order valence-electron chi connectivity index (χ4n) is 2.23. The van der Waals surface area contributed by atoms with Crippen molar-refractivity contribution in [2.45, 2.75) is 52.1 Å². The summed E-state index contributed by atoms with van der Waals surface area (Å²) in [7, 11) is 0. The van der Waals surface area contributed by atoms with Gasteiger partial charge in [0.15, 0.2) is 0 Å². The van der Waals surface area contributed by atoms with Gasteiger partial charge in [-0.3, -0.25) is 0 Å². The Bertz CT molecular complexity index is 342. The fourth-order valence-corrected chi connectivity index (χ4v) is 2.54. The lowest BCUT2D eigenvalue weighted by molar-refractivity contribution is 0.0195. The zero-order valence-corrected chi connectivity index (χ0v) is 12.5. The predicted octanol–water partition coefficient (Wildman–Crippen LogP) is 4.72. The minimum atomic E-state index is -0.770. The van der Waals surface area contributed by atoms with Crippen LogP contribution in [0, 0.1) is 5.41 Å². The summed E-state index contributed by atoms with van der Waals surface area (Å²) in [6, 6.07) is 9.89. The molecule has 0 aliphatic rings. The fraction of sp³-hybridized carbons (Fsp3) is 0.625. The highest BCUT2D eigenvalue weighted by Gasteiger charge is 2.28. The monoisotopic (exact) mass is 268 g/mol. The Hall–Kier alpha value is -0.530. The molecule has 0 saturated carbocycles. The highest BCUT2D eigenvalue weighted by molar-refractivity contribution is 6.17. The molecule has 1 N–H and O–H groups in total. The summed E-state index contributed by atoms with van der Waals surface area (Å²) in [6.07, 6.45) is 3.53. The van der Waals surface area contributed by atoms with Gasteiger partial charge in [-0.05, 0) is 36.7 Å². The highest BCUT2D eigenvalue weighted by atomic mass is 35.5. The van der Waals surface area contributed by atoms with E-state index in [1.54, 1.807) is 0 Å². The van der Waals surface area contributed by atoms with Gasteiger partial charge in [0.1, 0.15) is 0 Å². The normalized spacial score (nSPS) is 15.4. The highest BCUT2D eigenvalue weighted by Crippen LogP contribution is 2.33. The first-order valence-corrected chi connectivity index (χ1v) is 7.25. The second-order valence-electron chi connectivity index (χ2n) is 6.25. The van der Waals surface area contributed by atoms with E-state index in [0.29, 0.717) is 17.7 Å². The van der Waals surface area contributed by atoms with E-state index in [1.807, 2.05) is 30.3 Å². The van der Waals surface area contributed by atoms with Gasteiger partial charge in [-0.15, -0.1) is 11.6 Å². The van der Waals surface area contributed by atoms with E-state index in [9.17, 15) is 5.11 Å². The molecule has 1 unspecified atom stereocenters. The van der Waals surface area contributed by atoms with Crippen LogP contribution in [0.1, 0.15) is 52.0 Å². The molecule has 0 saturated heterocycles. The van der Waals surface area contributed by atoms with Crippen LogP contribution in [0.5, 0.6) is 0 Å². The van der Waals surface area contributed by atoms with Crippen LogP contribution in [0.3, 0.4) is 0 Å². The SMILES string of the molecule is CC(C)(C)CCCC(O)(CCCl)c1ccccc1. The number of aliphatic hydroxyl groups is 1. The van der Waals surface area contributed by atoms with E-state index < -0.39 is 5.60 Å². The van der Waals surface area contributed by atoms with Gasteiger partial charge in [0.25, 0.3) is 0 Å². The number of halogens is 1.